The summed E-state index contributed by atoms with van der Waals surface area (Å²) >= 11 is 2.00. The Morgan fingerprint density at radius 2 is 2.05 bits per heavy atom. The van der Waals surface area contributed by atoms with Gasteiger partial charge in [-0.1, -0.05) is 27.2 Å². The second kappa shape index (κ2) is 6.15. The van der Waals surface area contributed by atoms with Crippen molar-refractivity contribution >= 4 is 11.3 Å². The highest BCUT2D eigenvalue weighted by atomic mass is 32.1. The van der Waals surface area contributed by atoms with Gasteiger partial charge < -0.3 is 5.32 Å². The molecule has 1 aromatic rings. The van der Waals surface area contributed by atoms with Crippen LogP contribution >= 0.6 is 11.3 Å². The average Bonchev–Trinajstić information content (AvgIpc) is 2.99. The number of hydrogen-bond donors (Lipinski definition) is 1. The number of rotatable bonds is 6. The predicted molar refractivity (Wildman–Crippen MR) is 86.3 cm³/mol. The van der Waals surface area contributed by atoms with Gasteiger partial charge in [0.05, 0.1) is 10.7 Å². The van der Waals surface area contributed by atoms with Crippen molar-refractivity contribution in [3.63, 3.8) is 0 Å². The molecule has 0 amide bonds. The van der Waals surface area contributed by atoms with E-state index in [-0.39, 0.29) is 0 Å². The molecule has 0 radical (unpaired) electrons. The van der Waals surface area contributed by atoms with Crippen molar-refractivity contribution < 1.29 is 0 Å². The van der Waals surface area contributed by atoms with E-state index in [1.54, 1.807) is 0 Å². The maximum Gasteiger partial charge on any atom is 0.0962 e. The normalized spacial score (nSPS) is 26.6. The number of nitrogens with zero attached hydrogens (tertiary/aromatic N) is 1. The average molecular weight is 292 g/mol. The molecule has 112 valence electrons. The van der Waals surface area contributed by atoms with Crippen LogP contribution < -0.4 is 5.32 Å². The molecule has 1 aromatic heterocycles. The first kappa shape index (κ1) is 14.5. The minimum Gasteiger partial charge on any atom is -0.309 e. The molecule has 0 aromatic carbocycles. The quantitative estimate of drug-likeness (QED) is 0.835. The van der Waals surface area contributed by atoms with E-state index in [0.717, 1.165) is 30.8 Å². The van der Waals surface area contributed by atoms with Crippen molar-refractivity contribution in [3.05, 3.63) is 15.6 Å². The molecule has 20 heavy (non-hydrogen) atoms. The van der Waals surface area contributed by atoms with Crippen LogP contribution in [0.1, 0.15) is 74.4 Å². The lowest BCUT2D eigenvalue weighted by Crippen LogP contribution is -2.15. The molecule has 3 heteroatoms. The molecule has 2 atom stereocenters. The standard InChI is InChI=1S/C17H28N2S/c1-11(2)8-15-16(10-18-14-6-7-14)20-17(19-15)13-5-4-12(3)9-13/h11-14,18H,4-10H2,1-3H3. The Labute approximate surface area is 127 Å². The molecule has 3 rings (SSSR count). The van der Waals surface area contributed by atoms with Gasteiger partial charge in [0.15, 0.2) is 0 Å². The van der Waals surface area contributed by atoms with Crippen molar-refractivity contribution in [3.8, 4) is 0 Å². The van der Waals surface area contributed by atoms with E-state index in [0.29, 0.717) is 5.92 Å². The second-order valence-electron chi connectivity index (χ2n) is 7.29. The molecule has 0 bridgehead atoms. The maximum atomic E-state index is 5.04. The molecule has 2 saturated carbocycles. The Bertz CT molecular complexity index is 448. The molecule has 2 fully saturated rings. The van der Waals surface area contributed by atoms with Gasteiger partial charge in [-0.3, -0.25) is 0 Å². The van der Waals surface area contributed by atoms with Crippen LogP contribution in [0.2, 0.25) is 0 Å². The predicted octanol–water partition coefficient (Wildman–Crippen LogP) is 4.50. The molecule has 1 N–H and O–H groups in total. The number of aromatic nitrogens is 1. The Balaban J connectivity index is 1.72. The summed E-state index contributed by atoms with van der Waals surface area (Å²) in [6.45, 7) is 8.04. The van der Waals surface area contributed by atoms with E-state index in [4.69, 9.17) is 4.98 Å². The largest absolute Gasteiger partial charge is 0.309 e. The van der Waals surface area contributed by atoms with Gasteiger partial charge in [-0.2, -0.15) is 0 Å². The highest BCUT2D eigenvalue weighted by Gasteiger charge is 2.27. The number of nitrogens with one attached hydrogen (secondary N) is 1. The summed E-state index contributed by atoms with van der Waals surface area (Å²) in [7, 11) is 0. The van der Waals surface area contributed by atoms with Crippen LogP contribution in [0.4, 0.5) is 0 Å². The summed E-state index contributed by atoms with van der Waals surface area (Å²) in [5.41, 5.74) is 1.38. The lowest BCUT2D eigenvalue weighted by atomic mass is 10.1. The zero-order valence-corrected chi connectivity index (χ0v) is 13.9. The molecule has 2 nitrogen and oxygen atoms in total. The van der Waals surface area contributed by atoms with Gasteiger partial charge >= 0.3 is 0 Å². The van der Waals surface area contributed by atoms with E-state index in [9.17, 15) is 0 Å². The van der Waals surface area contributed by atoms with Crippen molar-refractivity contribution in [2.24, 2.45) is 11.8 Å². The Morgan fingerprint density at radius 1 is 1.25 bits per heavy atom. The molecular formula is C17H28N2S. The molecule has 2 aliphatic rings. The van der Waals surface area contributed by atoms with Gasteiger partial charge in [0.2, 0.25) is 0 Å². The highest BCUT2D eigenvalue weighted by molar-refractivity contribution is 7.11. The van der Waals surface area contributed by atoms with Crippen molar-refractivity contribution in [1.29, 1.82) is 0 Å². The SMILES string of the molecule is CC(C)Cc1nc(C2CCC(C)C2)sc1CNC1CC1. The molecule has 0 aliphatic heterocycles. The Hall–Kier alpha value is -0.410. The summed E-state index contributed by atoms with van der Waals surface area (Å²) in [5.74, 6) is 2.34. The lowest BCUT2D eigenvalue weighted by molar-refractivity contribution is 0.592. The maximum absolute atomic E-state index is 5.04. The summed E-state index contributed by atoms with van der Waals surface area (Å²) in [6, 6.07) is 0.791. The number of thiazole rings is 1. The van der Waals surface area contributed by atoms with Crippen LogP contribution in [-0.4, -0.2) is 11.0 Å². The minimum absolute atomic E-state index is 0.701. The van der Waals surface area contributed by atoms with Crippen LogP contribution in [-0.2, 0) is 13.0 Å². The topological polar surface area (TPSA) is 24.9 Å². The number of hydrogen-bond acceptors (Lipinski definition) is 3. The van der Waals surface area contributed by atoms with Crippen LogP contribution in [0, 0.1) is 11.8 Å². The van der Waals surface area contributed by atoms with Crippen molar-refractivity contribution in [1.82, 2.24) is 10.3 Å². The van der Waals surface area contributed by atoms with Crippen molar-refractivity contribution in [2.75, 3.05) is 0 Å². The first-order valence-corrected chi connectivity index (χ1v) is 9.15. The van der Waals surface area contributed by atoms with E-state index in [1.165, 1.54) is 47.7 Å². The third kappa shape index (κ3) is 3.62. The summed E-state index contributed by atoms with van der Waals surface area (Å²) < 4.78 is 0. The first-order chi connectivity index (χ1) is 9.61. The highest BCUT2D eigenvalue weighted by Crippen LogP contribution is 2.40. The lowest BCUT2D eigenvalue weighted by Gasteiger charge is -2.05. The monoisotopic (exact) mass is 292 g/mol. The molecule has 1 heterocycles. The van der Waals surface area contributed by atoms with Gasteiger partial charge in [-0.15, -0.1) is 11.3 Å². The Morgan fingerprint density at radius 3 is 2.65 bits per heavy atom. The molecular weight excluding hydrogens is 264 g/mol. The summed E-state index contributed by atoms with van der Waals surface area (Å²) in [5, 5.41) is 5.10. The van der Waals surface area contributed by atoms with E-state index in [2.05, 4.69) is 26.1 Å². The van der Waals surface area contributed by atoms with Gasteiger partial charge in [-0.25, -0.2) is 4.98 Å². The molecule has 2 unspecified atom stereocenters. The third-order valence-corrected chi connectivity index (χ3v) is 5.83. The van der Waals surface area contributed by atoms with Crippen molar-refractivity contribution in [2.45, 2.75) is 77.8 Å². The summed E-state index contributed by atoms with van der Waals surface area (Å²) in [6.07, 6.45) is 7.96. The molecule has 0 spiro atoms. The van der Waals surface area contributed by atoms with Gasteiger partial charge in [-0.05, 0) is 43.9 Å². The van der Waals surface area contributed by atoms with Crippen LogP contribution in [0.15, 0.2) is 0 Å². The van der Waals surface area contributed by atoms with Gasteiger partial charge in [0.25, 0.3) is 0 Å². The zero-order chi connectivity index (χ0) is 14.1. The fourth-order valence-electron chi connectivity index (χ4n) is 3.22. The van der Waals surface area contributed by atoms with E-state index in [1.807, 2.05) is 11.3 Å². The first-order valence-electron chi connectivity index (χ1n) is 8.33. The third-order valence-electron chi connectivity index (χ3n) is 4.57. The summed E-state index contributed by atoms with van der Waals surface area (Å²) in [4.78, 5) is 6.56. The van der Waals surface area contributed by atoms with Crippen LogP contribution in [0.5, 0.6) is 0 Å². The fourth-order valence-corrected chi connectivity index (χ4v) is 4.41. The second-order valence-corrected chi connectivity index (χ2v) is 8.41. The van der Waals surface area contributed by atoms with E-state index >= 15 is 0 Å². The zero-order valence-electron chi connectivity index (χ0n) is 13.1. The smallest absolute Gasteiger partial charge is 0.0962 e. The minimum atomic E-state index is 0.701. The van der Waals surface area contributed by atoms with Crippen LogP contribution in [0.3, 0.4) is 0 Å². The fraction of sp³-hybridized carbons (Fsp3) is 0.824. The Kier molecular flexibility index (Phi) is 4.46. The van der Waals surface area contributed by atoms with E-state index < -0.39 is 0 Å². The molecule has 0 saturated heterocycles. The van der Waals surface area contributed by atoms with Crippen LogP contribution in [0.25, 0.3) is 0 Å². The van der Waals surface area contributed by atoms with Gasteiger partial charge in [0, 0.05) is 23.4 Å². The van der Waals surface area contributed by atoms with Gasteiger partial charge in [0.1, 0.15) is 0 Å². The molecule has 2 aliphatic carbocycles.